The summed E-state index contributed by atoms with van der Waals surface area (Å²) < 4.78 is 2.05. The Bertz CT molecular complexity index is 1480. The number of aliphatic hydroxyl groups is 2. The van der Waals surface area contributed by atoms with Crippen LogP contribution in [0.4, 0.5) is 5.69 Å². The second kappa shape index (κ2) is 13.3. The van der Waals surface area contributed by atoms with Crippen LogP contribution in [0.5, 0.6) is 5.75 Å². The molecule has 8 heteroatoms. The monoisotopic (exact) mass is 556 g/mol. The first-order valence-corrected chi connectivity index (χ1v) is 13.7. The van der Waals surface area contributed by atoms with E-state index in [9.17, 15) is 24.9 Å². The van der Waals surface area contributed by atoms with Crippen LogP contribution in [0.1, 0.15) is 55.1 Å². The van der Waals surface area contributed by atoms with Crippen LogP contribution in [0.2, 0.25) is 0 Å². The third-order valence-corrected chi connectivity index (χ3v) is 6.98. The van der Waals surface area contributed by atoms with Crippen LogP contribution in [0.3, 0.4) is 0 Å². The molecule has 2 atom stereocenters. The van der Waals surface area contributed by atoms with Gasteiger partial charge in [0.05, 0.1) is 35.6 Å². The van der Waals surface area contributed by atoms with Gasteiger partial charge >= 0.3 is 5.97 Å². The lowest BCUT2D eigenvalue weighted by Gasteiger charge is -2.20. The molecule has 0 aliphatic heterocycles. The number of aromatic nitrogens is 1. The zero-order valence-corrected chi connectivity index (χ0v) is 23.2. The van der Waals surface area contributed by atoms with E-state index in [-0.39, 0.29) is 30.4 Å². The van der Waals surface area contributed by atoms with Gasteiger partial charge in [0, 0.05) is 17.8 Å². The quantitative estimate of drug-likeness (QED) is 0.139. The third-order valence-electron chi connectivity index (χ3n) is 6.98. The second-order valence-corrected chi connectivity index (χ2v) is 10.4. The van der Waals surface area contributed by atoms with Gasteiger partial charge in [-0.1, -0.05) is 86.6 Å². The van der Waals surface area contributed by atoms with Crippen LogP contribution in [0, 0.1) is 0 Å². The van der Waals surface area contributed by atoms with Crippen LogP contribution in [-0.4, -0.2) is 49.1 Å². The number of hydrogen-bond donors (Lipinski definition) is 5. The number of carboxylic acids is 1. The minimum atomic E-state index is -1.16. The Hall–Kier alpha value is -4.40. The number of aromatic hydroxyl groups is 1. The number of anilines is 1. The summed E-state index contributed by atoms with van der Waals surface area (Å²) in [6.45, 7) is 4.32. The summed E-state index contributed by atoms with van der Waals surface area (Å²) in [5.41, 5.74) is 4.78. The molecular formula is C33H36N2O6. The van der Waals surface area contributed by atoms with Crippen molar-refractivity contribution in [2.45, 2.75) is 57.8 Å². The van der Waals surface area contributed by atoms with E-state index in [0.29, 0.717) is 17.8 Å². The number of phenolic OH excluding ortho intramolecular Hbond substituents is 1. The number of phenols is 1. The van der Waals surface area contributed by atoms with E-state index >= 15 is 0 Å². The van der Waals surface area contributed by atoms with Crippen molar-refractivity contribution in [3.05, 3.63) is 96.2 Å². The molecule has 0 spiro atoms. The average Bonchev–Trinajstić information content (AvgIpc) is 3.29. The number of amides is 1. The molecule has 0 fully saturated rings. The van der Waals surface area contributed by atoms with Gasteiger partial charge in [0.25, 0.3) is 5.91 Å². The Morgan fingerprint density at radius 1 is 0.829 bits per heavy atom. The Morgan fingerprint density at radius 2 is 1.41 bits per heavy atom. The first kappa shape index (κ1) is 29.6. The standard InChI is InChI=1S/C33H36N2O6/c1-21(2)31-30(33(41)34-26-15-9-10-16-27(26)38)29(22-11-5-3-6-12-22)32(23-13-7-4-8-14-23)35(31)18-17-24(36)19-25(37)20-28(39)40/h3-16,21,24-25,36-38H,17-20H2,1-2H3,(H,34,41)(H,39,40)/t24-,25-/m1/s1. The maximum Gasteiger partial charge on any atom is 0.305 e. The van der Waals surface area contributed by atoms with E-state index in [1.165, 1.54) is 6.07 Å². The number of nitrogens with zero attached hydrogens (tertiary/aromatic N) is 1. The molecular weight excluding hydrogens is 520 g/mol. The first-order chi connectivity index (χ1) is 19.7. The molecule has 1 aromatic heterocycles. The number of carbonyl (C=O) groups excluding carboxylic acids is 1. The minimum absolute atomic E-state index is 0.0426. The first-order valence-electron chi connectivity index (χ1n) is 13.7. The molecule has 0 bridgehead atoms. The number of carboxylic acid groups (broad SMARTS) is 1. The fourth-order valence-corrected chi connectivity index (χ4v) is 5.24. The molecule has 1 heterocycles. The predicted octanol–water partition coefficient (Wildman–Crippen LogP) is 5.88. The highest BCUT2D eigenvalue weighted by Gasteiger charge is 2.31. The van der Waals surface area contributed by atoms with Gasteiger partial charge in [-0.3, -0.25) is 9.59 Å². The summed E-state index contributed by atoms with van der Waals surface area (Å²) in [4.78, 5) is 25.1. The van der Waals surface area contributed by atoms with Crippen LogP contribution >= 0.6 is 0 Å². The lowest BCUT2D eigenvalue weighted by atomic mass is 9.94. The number of hydrogen-bond acceptors (Lipinski definition) is 5. The molecule has 214 valence electrons. The van der Waals surface area contributed by atoms with E-state index < -0.39 is 24.6 Å². The summed E-state index contributed by atoms with van der Waals surface area (Å²) >= 11 is 0. The number of nitrogens with one attached hydrogen (secondary N) is 1. The van der Waals surface area contributed by atoms with Crippen LogP contribution in [-0.2, 0) is 11.3 Å². The molecule has 3 aromatic carbocycles. The van der Waals surface area contributed by atoms with E-state index in [4.69, 9.17) is 5.11 Å². The van der Waals surface area contributed by atoms with Gasteiger partial charge in [0.2, 0.25) is 0 Å². The topological polar surface area (TPSA) is 132 Å². The zero-order valence-electron chi connectivity index (χ0n) is 23.2. The highest BCUT2D eigenvalue weighted by Crippen LogP contribution is 2.42. The van der Waals surface area contributed by atoms with Gasteiger partial charge in [0.15, 0.2) is 0 Å². The molecule has 0 aliphatic carbocycles. The number of para-hydroxylation sites is 2. The number of rotatable bonds is 12. The summed E-state index contributed by atoms with van der Waals surface area (Å²) in [6, 6.07) is 25.9. The molecule has 4 aromatic rings. The van der Waals surface area contributed by atoms with Crippen molar-refractivity contribution in [3.8, 4) is 28.1 Å². The second-order valence-electron chi connectivity index (χ2n) is 10.4. The van der Waals surface area contributed by atoms with Gasteiger partial charge in [-0.05, 0) is 42.0 Å². The Balaban J connectivity index is 1.89. The fraction of sp³-hybridized carbons (Fsp3) is 0.273. The Morgan fingerprint density at radius 3 is 2.00 bits per heavy atom. The molecule has 0 aliphatic rings. The van der Waals surface area contributed by atoms with E-state index in [2.05, 4.69) is 9.88 Å². The summed E-state index contributed by atoms with van der Waals surface area (Å²) in [6.07, 6.45) is -2.39. The minimum Gasteiger partial charge on any atom is -0.506 e. The molecule has 0 unspecified atom stereocenters. The van der Waals surface area contributed by atoms with Crippen LogP contribution in [0.25, 0.3) is 22.4 Å². The largest absolute Gasteiger partial charge is 0.506 e. The molecule has 0 saturated heterocycles. The smallest absolute Gasteiger partial charge is 0.305 e. The molecule has 5 N–H and O–H groups in total. The van der Waals surface area contributed by atoms with Crippen molar-refractivity contribution >= 4 is 17.6 Å². The summed E-state index contributed by atoms with van der Waals surface area (Å²) in [5, 5.41) is 43.1. The van der Waals surface area contributed by atoms with Crippen molar-refractivity contribution < 1.29 is 30.0 Å². The molecule has 0 saturated carbocycles. The molecule has 1 amide bonds. The Kier molecular flexibility index (Phi) is 9.60. The van der Waals surface area contributed by atoms with Crippen molar-refractivity contribution in [2.75, 3.05) is 5.32 Å². The maximum atomic E-state index is 14.1. The van der Waals surface area contributed by atoms with Gasteiger partial charge < -0.3 is 30.3 Å². The summed E-state index contributed by atoms with van der Waals surface area (Å²) in [7, 11) is 0. The number of carbonyl (C=O) groups is 2. The van der Waals surface area contributed by atoms with Gasteiger partial charge in [-0.25, -0.2) is 0 Å². The van der Waals surface area contributed by atoms with Gasteiger partial charge in [-0.2, -0.15) is 0 Å². The van der Waals surface area contributed by atoms with E-state index in [0.717, 1.165) is 28.1 Å². The maximum absolute atomic E-state index is 14.1. The lowest BCUT2D eigenvalue weighted by Crippen LogP contribution is -2.22. The predicted molar refractivity (Wildman–Crippen MR) is 159 cm³/mol. The highest BCUT2D eigenvalue weighted by atomic mass is 16.4. The number of aliphatic hydroxyl groups excluding tert-OH is 2. The third kappa shape index (κ3) is 7.03. The summed E-state index contributed by atoms with van der Waals surface area (Å²) in [5.74, 6) is -1.65. The van der Waals surface area contributed by atoms with E-state index in [1.807, 2.05) is 74.5 Å². The highest BCUT2D eigenvalue weighted by molar-refractivity contribution is 6.13. The SMILES string of the molecule is CC(C)c1c(C(=O)Nc2ccccc2O)c(-c2ccccc2)c(-c2ccccc2)n1CC[C@@H](O)C[C@@H](O)CC(=O)O. The Labute approximate surface area is 239 Å². The van der Waals surface area contributed by atoms with Crippen molar-refractivity contribution in [2.24, 2.45) is 0 Å². The number of aliphatic carboxylic acids is 1. The van der Waals surface area contributed by atoms with Gasteiger partial charge in [-0.15, -0.1) is 0 Å². The fourth-order valence-electron chi connectivity index (χ4n) is 5.24. The molecule has 4 rings (SSSR count). The van der Waals surface area contributed by atoms with Gasteiger partial charge in [0.1, 0.15) is 5.75 Å². The number of benzene rings is 3. The van der Waals surface area contributed by atoms with E-state index in [1.54, 1.807) is 18.2 Å². The van der Waals surface area contributed by atoms with Crippen LogP contribution in [0.15, 0.2) is 84.9 Å². The average molecular weight is 557 g/mol. The normalized spacial score (nSPS) is 12.7. The van der Waals surface area contributed by atoms with Crippen molar-refractivity contribution in [1.29, 1.82) is 0 Å². The molecule has 0 radical (unpaired) electrons. The van der Waals surface area contributed by atoms with Crippen molar-refractivity contribution in [3.63, 3.8) is 0 Å². The zero-order chi connectivity index (χ0) is 29.5. The molecule has 8 nitrogen and oxygen atoms in total. The van der Waals surface area contributed by atoms with Crippen LogP contribution < -0.4 is 5.32 Å². The van der Waals surface area contributed by atoms with Crippen molar-refractivity contribution in [1.82, 2.24) is 4.57 Å². The molecule has 41 heavy (non-hydrogen) atoms. The lowest BCUT2D eigenvalue weighted by molar-refractivity contribution is -0.139.